The first-order valence-electron chi connectivity index (χ1n) is 9.29. The van der Waals surface area contributed by atoms with Gasteiger partial charge in [0, 0.05) is 24.7 Å². The monoisotopic (exact) mass is 433 g/mol. The number of amides is 2. The molecule has 3 aromatic heterocycles. The fourth-order valence-electron chi connectivity index (χ4n) is 3.01. The quantitative estimate of drug-likeness (QED) is 0.398. The molecule has 0 spiro atoms. The third kappa shape index (κ3) is 4.14. The molecule has 0 saturated heterocycles. The second kappa shape index (κ2) is 8.36. The zero-order valence-corrected chi connectivity index (χ0v) is 17.7. The Kier molecular flexibility index (Phi) is 5.46. The number of nitrogens with zero attached hydrogens (tertiary/aromatic N) is 4. The van der Waals surface area contributed by atoms with Crippen LogP contribution in [0.4, 0.5) is 23.0 Å². The molecule has 0 aliphatic carbocycles. The number of nitrogens with one attached hydrogen (secondary N) is 3. The second-order valence-corrected chi connectivity index (χ2v) is 7.57. The number of hydrogen-bond acceptors (Lipinski definition) is 7. The number of para-hydroxylation sites is 1. The number of carbonyl (C=O) groups excluding carboxylic acids is 2. The summed E-state index contributed by atoms with van der Waals surface area (Å²) in [6.07, 6.45) is 4.35. The average Bonchev–Trinajstić information content (AvgIpc) is 3.37. The van der Waals surface area contributed by atoms with Gasteiger partial charge in [-0.1, -0.05) is 18.7 Å². The standard InChI is InChI=1S/C21H19N7O2S/c1-4-16(29)24-14-7-5-6-12(2)17(14)26-20-19-18(22-11-23-20)13(10-31-19)21(30)25-15-8-9-28(3)27-15/h4-11H,1H2,2-3H3,(H,24,29)(H,22,23,26)(H,25,27,30). The molecule has 2 amide bonds. The highest BCUT2D eigenvalue weighted by atomic mass is 32.1. The van der Waals surface area contributed by atoms with E-state index in [1.165, 1.54) is 23.7 Å². The number of thiophene rings is 1. The van der Waals surface area contributed by atoms with Gasteiger partial charge in [-0.25, -0.2) is 9.97 Å². The van der Waals surface area contributed by atoms with Crippen molar-refractivity contribution in [3.05, 3.63) is 66.0 Å². The molecule has 0 aliphatic heterocycles. The minimum Gasteiger partial charge on any atom is -0.337 e. The molecule has 31 heavy (non-hydrogen) atoms. The van der Waals surface area contributed by atoms with Crippen molar-refractivity contribution in [2.24, 2.45) is 7.05 Å². The highest BCUT2D eigenvalue weighted by Gasteiger charge is 2.18. The Balaban J connectivity index is 1.67. The maximum absolute atomic E-state index is 12.7. The summed E-state index contributed by atoms with van der Waals surface area (Å²) in [7, 11) is 1.78. The Morgan fingerprint density at radius 2 is 2.03 bits per heavy atom. The van der Waals surface area contributed by atoms with Crippen molar-refractivity contribution in [3.8, 4) is 0 Å². The third-order valence-electron chi connectivity index (χ3n) is 4.51. The molecule has 4 aromatic rings. The molecule has 0 fully saturated rings. The van der Waals surface area contributed by atoms with Gasteiger partial charge in [0.2, 0.25) is 5.91 Å². The number of anilines is 4. The van der Waals surface area contributed by atoms with E-state index in [2.05, 4.69) is 37.6 Å². The fourth-order valence-corrected chi connectivity index (χ4v) is 3.95. The van der Waals surface area contributed by atoms with Crippen LogP contribution in [0.5, 0.6) is 0 Å². The molecular formula is C21H19N7O2S. The predicted molar refractivity (Wildman–Crippen MR) is 122 cm³/mol. The summed E-state index contributed by atoms with van der Waals surface area (Å²) in [4.78, 5) is 33.2. The van der Waals surface area contributed by atoms with Crippen LogP contribution in [0.1, 0.15) is 15.9 Å². The van der Waals surface area contributed by atoms with E-state index in [0.717, 1.165) is 10.3 Å². The first-order valence-corrected chi connectivity index (χ1v) is 10.2. The van der Waals surface area contributed by atoms with E-state index in [0.29, 0.717) is 34.1 Å². The van der Waals surface area contributed by atoms with Gasteiger partial charge in [-0.05, 0) is 24.6 Å². The second-order valence-electron chi connectivity index (χ2n) is 6.69. The van der Waals surface area contributed by atoms with Crippen LogP contribution in [0, 0.1) is 6.92 Å². The average molecular weight is 433 g/mol. The highest BCUT2D eigenvalue weighted by molar-refractivity contribution is 7.18. The summed E-state index contributed by atoms with van der Waals surface area (Å²) < 4.78 is 2.33. The summed E-state index contributed by atoms with van der Waals surface area (Å²) in [6, 6.07) is 7.27. The van der Waals surface area contributed by atoms with Crippen molar-refractivity contribution < 1.29 is 9.59 Å². The maximum Gasteiger partial charge on any atom is 0.259 e. The fraction of sp³-hybridized carbons (Fsp3) is 0.0952. The van der Waals surface area contributed by atoms with Crippen molar-refractivity contribution >= 4 is 56.4 Å². The molecule has 4 rings (SSSR count). The number of benzene rings is 1. The summed E-state index contributed by atoms with van der Waals surface area (Å²) in [5.74, 6) is 0.382. The molecule has 0 bridgehead atoms. The van der Waals surface area contributed by atoms with Crippen LogP contribution < -0.4 is 16.0 Å². The normalized spacial score (nSPS) is 10.6. The van der Waals surface area contributed by atoms with Gasteiger partial charge >= 0.3 is 0 Å². The van der Waals surface area contributed by atoms with E-state index >= 15 is 0 Å². The van der Waals surface area contributed by atoms with Gasteiger partial charge in [0.25, 0.3) is 5.91 Å². The van der Waals surface area contributed by atoms with Crippen molar-refractivity contribution in [2.45, 2.75) is 6.92 Å². The molecule has 0 unspecified atom stereocenters. The molecule has 0 saturated carbocycles. The van der Waals surface area contributed by atoms with E-state index in [9.17, 15) is 9.59 Å². The van der Waals surface area contributed by atoms with E-state index < -0.39 is 0 Å². The topological polar surface area (TPSA) is 114 Å². The summed E-state index contributed by atoms with van der Waals surface area (Å²) in [5, 5.41) is 14.7. The van der Waals surface area contributed by atoms with Crippen LogP contribution >= 0.6 is 11.3 Å². The van der Waals surface area contributed by atoms with Crippen LogP contribution in [-0.2, 0) is 11.8 Å². The van der Waals surface area contributed by atoms with E-state index in [1.807, 2.05) is 19.1 Å². The van der Waals surface area contributed by atoms with E-state index in [4.69, 9.17) is 0 Å². The first kappa shape index (κ1) is 20.2. The third-order valence-corrected chi connectivity index (χ3v) is 5.49. The number of aromatic nitrogens is 4. The van der Waals surface area contributed by atoms with Gasteiger partial charge < -0.3 is 16.0 Å². The van der Waals surface area contributed by atoms with Crippen molar-refractivity contribution in [2.75, 3.05) is 16.0 Å². The number of fused-ring (bicyclic) bond motifs is 1. The molecule has 3 heterocycles. The predicted octanol–water partition coefficient (Wildman–Crippen LogP) is 3.85. The first-order chi connectivity index (χ1) is 15.0. The summed E-state index contributed by atoms with van der Waals surface area (Å²) >= 11 is 1.36. The smallest absolute Gasteiger partial charge is 0.259 e. The number of aryl methyl sites for hydroxylation is 2. The highest BCUT2D eigenvalue weighted by Crippen LogP contribution is 2.34. The van der Waals surface area contributed by atoms with Gasteiger partial charge in [0.1, 0.15) is 6.33 Å². The van der Waals surface area contributed by atoms with Gasteiger partial charge in [-0.15, -0.1) is 11.3 Å². The lowest BCUT2D eigenvalue weighted by Crippen LogP contribution is -2.12. The maximum atomic E-state index is 12.7. The molecule has 3 N–H and O–H groups in total. The molecule has 1 aromatic carbocycles. The molecule has 9 nitrogen and oxygen atoms in total. The summed E-state index contributed by atoms with van der Waals surface area (Å²) in [6.45, 7) is 5.41. The van der Waals surface area contributed by atoms with Crippen LogP contribution in [-0.4, -0.2) is 31.6 Å². The van der Waals surface area contributed by atoms with Gasteiger partial charge in [0.05, 0.1) is 27.2 Å². The zero-order chi connectivity index (χ0) is 22.0. The zero-order valence-electron chi connectivity index (χ0n) is 16.8. The molecule has 0 aliphatic rings. The number of rotatable bonds is 6. The van der Waals surface area contributed by atoms with Crippen molar-refractivity contribution in [3.63, 3.8) is 0 Å². The van der Waals surface area contributed by atoms with Crippen molar-refractivity contribution in [1.82, 2.24) is 19.7 Å². The van der Waals surface area contributed by atoms with Crippen LogP contribution in [0.15, 0.2) is 54.8 Å². The number of carbonyl (C=O) groups is 2. The van der Waals surface area contributed by atoms with Gasteiger partial charge in [-0.2, -0.15) is 5.10 Å². The lowest BCUT2D eigenvalue weighted by atomic mass is 10.1. The summed E-state index contributed by atoms with van der Waals surface area (Å²) in [5.41, 5.74) is 3.17. The number of hydrogen-bond donors (Lipinski definition) is 3. The molecule has 156 valence electrons. The van der Waals surface area contributed by atoms with Crippen LogP contribution in [0.3, 0.4) is 0 Å². The Morgan fingerprint density at radius 3 is 2.77 bits per heavy atom. The molecule has 0 atom stereocenters. The van der Waals surface area contributed by atoms with Gasteiger partial charge in [0.15, 0.2) is 11.6 Å². The molecular weight excluding hydrogens is 414 g/mol. The SMILES string of the molecule is C=CC(=O)Nc1cccc(C)c1Nc1ncnc2c(C(=O)Nc3ccn(C)n3)csc12. The Hall–Kier alpha value is -4.05. The van der Waals surface area contributed by atoms with Crippen molar-refractivity contribution in [1.29, 1.82) is 0 Å². The minimum atomic E-state index is -0.314. The van der Waals surface area contributed by atoms with Gasteiger partial charge in [-0.3, -0.25) is 14.3 Å². The molecule has 10 heteroatoms. The minimum absolute atomic E-state index is 0.301. The van der Waals surface area contributed by atoms with Crippen LogP contribution in [0.2, 0.25) is 0 Å². The lowest BCUT2D eigenvalue weighted by Gasteiger charge is -2.15. The lowest BCUT2D eigenvalue weighted by molar-refractivity contribution is -0.111. The van der Waals surface area contributed by atoms with Crippen LogP contribution in [0.25, 0.3) is 10.2 Å². The van der Waals surface area contributed by atoms with E-state index in [1.54, 1.807) is 35.4 Å². The van der Waals surface area contributed by atoms with E-state index in [-0.39, 0.29) is 11.8 Å². The Bertz CT molecular complexity index is 1310. The molecule has 0 radical (unpaired) electrons. The Labute approximate surface area is 181 Å². The Morgan fingerprint density at radius 1 is 1.19 bits per heavy atom. The largest absolute Gasteiger partial charge is 0.337 e.